The lowest BCUT2D eigenvalue weighted by Gasteiger charge is -2.45. The zero-order valence-corrected chi connectivity index (χ0v) is 17.7. The first kappa shape index (κ1) is 19.7. The number of likely N-dealkylation sites (tertiary alicyclic amines) is 1. The van der Waals surface area contributed by atoms with Crippen LogP contribution in [-0.4, -0.2) is 63.2 Å². The third-order valence-corrected chi connectivity index (χ3v) is 8.62. The third-order valence-electron chi connectivity index (χ3n) is 6.12. The highest BCUT2D eigenvalue weighted by Gasteiger charge is 2.46. The lowest BCUT2D eigenvalue weighted by molar-refractivity contribution is -0.140. The molecule has 1 aromatic rings. The Morgan fingerprint density at radius 1 is 1.26 bits per heavy atom. The fraction of sp³-hybridized carbons (Fsp3) is 0.700. The van der Waals surface area contributed by atoms with Crippen LogP contribution in [0, 0.1) is 5.92 Å². The third kappa shape index (κ3) is 4.22. The van der Waals surface area contributed by atoms with Crippen LogP contribution < -0.4 is 0 Å². The number of piperidine rings is 1. The van der Waals surface area contributed by atoms with Crippen molar-refractivity contribution in [3.8, 4) is 0 Å². The van der Waals surface area contributed by atoms with Crippen molar-refractivity contribution in [3.63, 3.8) is 0 Å². The van der Waals surface area contributed by atoms with Crippen LogP contribution in [0.15, 0.2) is 29.2 Å². The van der Waals surface area contributed by atoms with Crippen LogP contribution in [0.1, 0.15) is 37.3 Å². The number of fused-ring (bicyclic) bond motifs is 1. The first-order chi connectivity index (χ1) is 12.9. The van der Waals surface area contributed by atoms with Gasteiger partial charge in [-0.15, -0.1) is 0 Å². The Labute approximate surface area is 166 Å². The van der Waals surface area contributed by atoms with Gasteiger partial charge in [-0.25, -0.2) is 8.42 Å². The Morgan fingerprint density at radius 3 is 2.70 bits per heavy atom. The molecule has 3 aliphatic rings. The SMILES string of the molecule is CN1C(OCC2CCCS2)CC2CCOC2C1c1ccc(S(C)(=O)=O)cc1. The fourth-order valence-corrected chi connectivity index (χ4v) is 6.41. The highest BCUT2D eigenvalue weighted by Crippen LogP contribution is 2.44. The van der Waals surface area contributed by atoms with E-state index in [1.165, 1.54) is 24.9 Å². The van der Waals surface area contributed by atoms with Crippen LogP contribution in [0.5, 0.6) is 0 Å². The van der Waals surface area contributed by atoms with Crippen molar-refractivity contribution >= 4 is 21.6 Å². The maximum atomic E-state index is 11.8. The molecule has 0 amide bonds. The van der Waals surface area contributed by atoms with E-state index in [-0.39, 0.29) is 18.4 Å². The molecule has 0 aromatic heterocycles. The van der Waals surface area contributed by atoms with E-state index in [1.807, 2.05) is 23.9 Å². The molecule has 5 unspecified atom stereocenters. The topological polar surface area (TPSA) is 55.8 Å². The van der Waals surface area contributed by atoms with Gasteiger partial charge in [-0.2, -0.15) is 11.8 Å². The van der Waals surface area contributed by atoms with Crippen molar-refractivity contribution < 1.29 is 17.9 Å². The molecule has 0 aliphatic carbocycles. The maximum absolute atomic E-state index is 11.8. The van der Waals surface area contributed by atoms with Gasteiger partial charge in [-0.1, -0.05) is 12.1 Å². The summed E-state index contributed by atoms with van der Waals surface area (Å²) >= 11 is 2.03. The highest BCUT2D eigenvalue weighted by molar-refractivity contribution is 8.00. The monoisotopic (exact) mass is 411 g/mol. The number of rotatable bonds is 5. The summed E-state index contributed by atoms with van der Waals surface area (Å²) in [5, 5.41) is 0.628. The number of ether oxygens (including phenoxy) is 2. The second-order valence-electron chi connectivity index (χ2n) is 7.99. The molecule has 0 spiro atoms. The molecule has 0 N–H and O–H groups in total. The van der Waals surface area contributed by atoms with Crippen LogP contribution in [0.4, 0.5) is 0 Å². The minimum Gasteiger partial charge on any atom is -0.376 e. The van der Waals surface area contributed by atoms with Crippen molar-refractivity contribution in [2.24, 2.45) is 5.92 Å². The molecule has 0 bridgehead atoms. The molecular weight excluding hydrogens is 382 g/mol. The molecule has 3 aliphatic heterocycles. The number of hydrogen-bond acceptors (Lipinski definition) is 6. The van der Waals surface area contributed by atoms with Gasteiger partial charge < -0.3 is 9.47 Å². The van der Waals surface area contributed by atoms with E-state index in [2.05, 4.69) is 11.9 Å². The van der Waals surface area contributed by atoms with Crippen molar-refractivity contribution in [3.05, 3.63) is 29.8 Å². The first-order valence-corrected chi connectivity index (χ1v) is 12.7. The number of likely N-dealkylation sites (N-methyl/N-ethyl adjacent to an activating group) is 1. The Hall–Kier alpha value is -0.600. The summed E-state index contributed by atoms with van der Waals surface area (Å²) in [6.07, 6.45) is 6.13. The van der Waals surface area contributed by atoms with E-state index in [4.69, 9.17) is 9.47 Å². The molecule has 27 heavy (non-hydrogen) atoms. The zero-order valence-electron chi connectivity index (χ0n) is 16.0. The summed E-state index contributed by atoms with van der Waals surface area (Å²) < 4.78 is 36.0. The van der Waals surface area contributed by atoms with Crippen LogP contribution >= 0.6 is 11.8 Å². The van der Waals surface area contributed by atoms with Crippen molar-refractivity contribution in [2.45, 2.75) is 54.2 Å². The van der Waals surface area contributed by atoms with Gasteiger partial charge >= 0.3 is 0 Å². The Bertz CT molecular complexity index is 746. The van der Waals surface area contributed by atoms with E-state index in [9.17, 15) is 8.42 Å². The molecule has 4 rings (SSSR count). The molecule has 0 saturated carbocycles. The second kappa shape index (κ2) is 8.03. The van der Waals surface area contributed by atoms with Gasteiger partial charge in [0.15, 0.2) is 9.84 Å². The van der Waals surface area contributed by atoms with Crippen LogP contribution in [0.2, 0.25) is 0 Å². The average Bonchev–Trinajstić information content (AvgIpc) is 3.31. The standard InChI is InChI=1S/C20H29NO4S2/c1-21-18(25-13-16-4-3-11-26-16)12-15-9-10-24-20(15)19(21)14-5-7-17(8-6-14)27(2,22)23/h5-8,15-16,18-20H,3-4,9-13H2,1-2H3. The fourth-order valence-electron chi connectivity index (χ4n) is 4.61. The van der Waals surface area contributed by atoms with Gasteiger partial charge in [0.2, 0.25) is 0 Å². The lowest BCUT2D eigenvalue weighted by Crippen LogP contribution is -2.50. The van der Waals surface area contributed by atoms with E-state index >= 15 is 0 Å². The largest absolute Gasteiger partial charge is 0.376 e. The molecule has 1 aromatic carbocycles. The number of sulfone groups is 1. The van der Waals surface area contributed by atoms with E-state index in [0.717, 1.165) is 31.6 Å². The van der Waals surface area contributed by atoms with Crippen LogP contribution in [0.25, 0.3) is 0 Å². The Balaban J connectivity index is 1.53. The highest BCUT2D eigenvalue weighted by atomic mass is 32.2. The number of thioether (sulfide) groups is 1. The smallest absolute Gasteiger partial charge is 0.175 e. The predicted molar refractivity (Wildman–Crippen MR) is 108 cm³/mol. The predicted octanol–water partition coefficient (Wildman–Crippen LogP) is 3.11. The van der Waals surface area contributed by atoms with Gasteiger partial charge in [0, 0.05) is 18.1 Å². The maximum Gasteiger partial charge on any atom is 0.175 e. The van der Waals surface area contributed by atoms with Crippen molar-refractivity contribution in [1.29, 1.82) is 0 Å². The number of nitrogens with zero attached hydrogens (tertiary/aromatic N) is 1. The first-order valence-electron chi connectivity index (χ1n) is 9.80. The zero-order chi connectivity index (χ0) is 19.0. The van der Waals surface area contributed by atoms with Gasteiger partial charge in [0.05, 0.1) is 23.6 Å². The summed E-state index contributed by atoms with van der Waals surface area (Å²) in [6.45, 7) is 1.62. The normalized spacial score (nSPS) is 34.7. The minimum absolute atomic E-state index is 0.0914. The number of benzene rings is 1. The van der Waals surface area contributed by atoms with Gasteiger partial charge in [0.1, 0.15) is 6.23 Å². The summed E-state index contributed by atoms with van der Waals surface area (Å²) in [4.78, 5) is 2.65. The Morgan fingerprint density at radius 2 is 2.04 bits per heavy atom. The molecule has 5 nitrogen and oxygen atoms in total. The summed E-state index contributed by atoms with van der Waals surface area (Å²) in [5.41, 5.74) is 1.10. The summed E-state index contributed by atoms with van der Waals surface area (Å²) in [6, 6.07) is 7.39. The van der Waals surface area contributed by atoms with E-state index in [0.29, 0.717) is 16.1 Å². The average molecular weight is 412 g/mol. The van der Waals surface area contributed by atoms with Crippen molar-refractivity contribution in [2.75, 3.05) is 32.3 Å². The van der Waals surface area contributed by atoms with E-state index < -0.39 is 9.84 Å². The molecule has 3 fully saturated rings. The van der Waals surface area contributed by atoms with E-state index in [1.54, 1.807) is 12.1 Å². The Kier molecular flexibility index (Phi) is 5.86. The van der Waals surface area contributed by atoms with Gasteiger partial charge in [-0.3, -0.25) is 4.90 Å². The quantitative estimate of drug-likeness (QED) is 0.742. The molecule has 150 valence electrons. The molecule has 0 radical (unpaired) electrons. The second-order valence-corrected chi connectivity index (χ2v) is 11.4. The molecular formula is C20H29NO4S2. The lowest BCUT2D eigenvalue weighted by atomic mass is 9.83. The molecule has 5 atom stereocenters. The molecule has 3 heterocycles. The van der Waals surface area contributed by atoms with Crippen LogP contribution in [-0.2, 0) is 19.3 Å². The van der Waals surface area contributed by atoms with Crippen molar-refractivity contribution in [1.82, 2.24) is 4.90 Å². The molecule has 3 saturated heterocycles. The summed E-state index contributed by atoms with van der Waals surface area (Å²) in [7, 11) is -1.07. The molecule has 7 heteroatoms. The number of hydrogen-bond donors (Lipinski definition) is 0. The minimum atomic E-state index is -3.18. The van der Waals surface area contributed by atoms with Gasteiger partial charge in [-0.05, 0) is 62.1 Å². The van der Waals surface area contributed by atoms with Crippen LogP contribution in [0.3, 0.4) is 0 Å². The van der Waals surface area contributed by atoms with Gasteiger partial charge in [0.25, 0.3) is 0 Å². The summed E-state index contributed by atoms with van der Waals surface area (Å²) in [5.74, 6) is 1.75.